The number of nitrogens with one attached hydrogen (secondary N) is 2. The number of likely N-dealkylation sites (N-methyl/N-ethyl adjacent to an activating group) is 1. The van der Waals surface area contributed by atoms with Crippen LogP contribution in [0.2, 0.25) is 0 Å². The molecular formula is C28H32N4O2. The molecule has 2 amide bonds. The monoisotopic (exact) mass is 456 g/mol. The molecule has 0 saturated carbocycles. The Bertz CT molecular complexity index is 1300. The highest BCUT2D eigenvalue weighted by atomic mass is 16.2. The first-order chi connectivity index (χ1) is 16.2. The summed E-state index contributed by atoms with van der Waals surface area (Å²) in [5.74, 6) is 0.0213. The van der Waals surface area contributed by atoms with Gasteiger partial charge in [0.15, 0.2) is 0 Å². The molecule has 0 bridgehead atoms. The van der Waals surface area contributed by atoms with Gasteiger partial charge >= 0.3 is 0 Å². The summed E-state index contributed by atoms with van der Waals surface area (Å²) in [6, 6.07) is 12.4. The number of anilines is 1. The van der Waals surface area contributed by atoms with Gasteiger partial charge in [-0.2, -0.15) is 0 Å². The maximum atomic E-state index is 12.7. The van der Waals surface area contributed by atoms with Crippen LogP contribution < -0.4 is 5.32 Å². The molecule has 3 aromatic rings. The van der Waals surface area contributed by atoms with E-state index >= 15 is 0 Å². The smallest absolute Gasteiger partial charge is 0.246 e. The number of hydrogen-bond acceptors (Lipinski definition) is 3. The summed E-state index contributed by atoms with van der Waals surface area (Å²) >= 11 is 0. The number of H-pyrrole nitrogens is 1. The van der Waals surface area contributed by atoms with Gasteiger partial charge in [0.05, 0.1) is 17.8 Å². The number of aromatic amines is 1. The van der Waals surface area contributed by atoms with Crippen molar-refractivity contribution in [2.24, 2.45) is 0 Å². The third-order valence-electron chi connectivity index (χ3n) is 6.93. The lowest BCUT2D eigenvalue weighted by Crippen LogP contribution is -2.46. The first-order valence-corrected chi connectivity index (χ1v) is 11.9. The molecule has 34 heavy (non-hydrogen) atoms. The second-order valence-electron chi connectivity index (χ2n) is 10.5. The molecule has 0 radical (unpaired) electrons. The lowest BCUT2D eigenvalue weighted by molar-refractivity contribution is -0.127. The summed E-state index contributed by atoms with van der Waals surface area (Å²) in [6.07, 6.45) is 3.85. The summed E-state index contributed by atoms with van der Waals surface area (Å²) < 4.78 is 0. The van der Waals surface area contributed by atoms with Gasteiger partial charge in [0.2, 0.25) is 11.8 Å². The Labute approximate surface area is 200 Å². The predicted molar refractivity (Wildman–Crippen MR) is 138 cm³/mol. The number of nitrogens with zero attached hydrogens (tertiary/aromatic N) is 2. The number of benzene rings is 2. The normalized spacial score (nSPS) is 16.9. The molecule has 176 valence electrons. The standard InChI is InChI=1S/C28H32N4O2/c1-28(2,3)19-7-9-23-20(16-19)21-17-25(33)29-24-8-5-18(15-22(24)27(21)30-23)6-10-26(34)32-13-11-31(4)12-14-32/h5-10,15-16,30H,11-14,17H2,1-4H3,(H,29,33)/b10-6+. The van der Waals surface area contributed by atoms with Crippen LogP contribution in [0.4, 0.5) is 5.69 Å². The Morgan fingerprint density at radius 1 is 1.03 bits per heavy atom. The van der Waals surface area contributed by atoms with Crippen LogP contribution >= 0.6 is 0 Å². The summed E-state index contributed by atoms with van der Waals surface area (Å²) in [5, 5.41) is 4.14. The van der Waals surface area contributed by atoms with E-state index in [0.717, 1.165) is 65.2 Å². The predicted octanol–water partition coefficient (Wildman–Crippen LogP) is 4.41. The van der Waals surface area contributed by atoms with E-state index < -0.39 is 0 Å². The lowest BCUT2D eigenvalue weighted by atomic mass is 9.86. The van der Waals surface area contributed by atoms with Gasteiger partial charge < -0.3 is 20.1 Å². The van der Waals surface area contributed by atoms with Crippen LogP contribution in [0.15, 0.2) is 42.5 Å². The van der Waals surface area contributed by atoms with E-state index in [-0.39, 0.29) is 17.2 Å². The Hall–Kier alpha value is -3.38. The van der Waals surface area contributed by atoms with E-state index in [0.29, 0.717) is 6.42 Å². The van der Waals surface area contributed by atoms with Crippen LogP contribution in [0.5, 0.6) is 0 Å². The SMILES string of the molecule is CN1CCN(C(=O)/C=C/c2ccc3c(c2)-c2[nH]c4ccc(C(C)(C)C)cc4c2CC(=O)N3)CC1. The molecule has 0 unspecified atom stereocenters. The molecular weight excluding hydrogens is 424 g/mol. The van der Waals surface area contributed by atoms with E-state index in [1.165, 1.54) is 5.56 Å². The van der Waals surface area contributed by atoms with E-state index in [2.05, 4.69) is 61.2 Å². The zero-order chi connectivity index (χ0) is 24.0. The minimum atomic E-state index is -0.0180. The number of rotatable bonds is 2. The van der Waals surface area contributed by atoms with Gasteiger partial charge in [-0.15, -0.1) is 0 Å². The van der Waals surface area contributed by atoms with E-state index in [9.17, 15) is 9.59 Å². The zero-order valence-electron chi connectivity index (χ0n) is 20.4. The van der Waals surface area contributed by atoms with Gasteiger partial charge in [0.25, 0.3) is 0 Å². The molecule has 2 aromatic carbocycles. The minimum Gasteiger partial charge on any atom is -0.354 e. The molecule has 1 saturated heterocycles. The molecule has 1 fully saturated rings. The fraction of sp³-hybridized carbons (Fsp3) is 0.357. The van der Waals surface area contributed by atoms with Crippen molar-refractivity contribution >= 4 is 34.5 Å². The van der Waals surface area contributed by atoms with Crippen molar-refractivity contribution < 1.29 is 9.59 Å². The van der Waals surface area contributed by atoms with Crippen molar-refractivity contribution in [1.29, 1.82) is 0 Å². The highest BCUT2D eigenvalue weighted by Crippen LogP contribution is 2.39. The maximum Gasteiger partial charge on any atom is 0.246 e. The second-order valence-corrected chi connectivity index (χ2v) is 10.5. The Kier molecular flexibility index (Phi) is 5.56. The second kappa shape index (κ2) is 8.44. The summed E-state index contributed by atoms with van der Waals surface area (Å²) in [4.78, 5) is 33.1. The molecule has 6 heteroatoms. The molecule has 1 aromatic heterocycles. The molecule has 3 heterocycles. The Morgan fingerprint density at radius 3 is 2.53 bits per heavy atom. The number of carbonyl (C=O) groups is 2. The average molecular weight is 457 g/mol. The fourth-order valence-electron chi connectivity index (χ4n) is 4.76. The molecule has 0 aliphatic carbocycles. The molecule has 2 aliphatic heterocycles. The van der Waals surface area contributed by atoms with Gasteiger partial charge in [0, 0.05) is 48.7 Å². The number of piperazine rings is 1. The number of hydrogen-bond donors (Lipinski definition) is 2. The average Bonchev–Trinajstić information content (AvgIpc) is 3.08. The number of fused-ring (bicyclic) bond motifs is 5. The van der Waals surface area contributed by atoms with Gasteiger partial charge in [-0.05, 0) is 59.5 Å². The fourth-order valence-corrected chi connectivity index (χ4v) is 4.76. The molecule has 5 rings (SSSR count). The van der Waals surface area contributed by atoms with Crippen molar-refractivity contribution in [3.8, 4) is 11.3 Å². The summed E-state index contributed by atoms with van der Waals surface area (Å²) in [6.45, 7) is 9.91. The number of carbonyl (C=O) groups excluding carboxylic acids is 2. The lowest BCUT2D eigenvalue weighted by Gasteiger charge is -2.31. The van der Waals surface area contributed by atoms with Crippen molar-refractivity contribution in [2.45, 2.75) is 32.6 Å². The van der Waals surface area contributed by atoms with Crippen LogP contribution in [-0.4, -0.2) is 59.8 Å². The molecule has 0 spiro atoms. The number of aromatic nitrogens is 1. The summed E-state index contributed by atoms with van der Waals surface area (Å²) in [7, 11) is 2.08. The Morgan fingerprint density at radius 2 is 1.79 bits per heavy atom. The molecule has 2 N–H and O–H groups in total. The van der Waals surface area contributed by atoms with E-state index in [4.69, 9.17) is 0 Å². The first-order valence-electron chi connectivity index (χ1n) is 11.9. The van der Waals surface area contributed by atoms with Crippen molar-refractivity contribution in [2.75, 3.05) is 38.5 Å². The first kappa shape index (κ1) is 22.4. The quantitative estimate of drug-likeness (QED) is 0.561. The topological polar surface area (TPSA) is 68.4 Å². The van der Waals surface area contributed by atoms with E-state index in [1.807, 2.05) is 29.2 Å². The third-order valence-corrected chi connectivity index (χ3v) is 6.93. The zero-order valence-corrected chi connectivity index (χ0v) is 20.4. The molecule has 6 nitrogen and oxygen atoms in total. The summed E-state index contributed by atoms with van der Waals surface area (Å²) in [5.41, 5.74) is 6.95. The van der Waals surface area contributed by atoms with Crippen molar-refractivity contribution in [1.82, 2.24) is 14.8 Å². The van der Waals surface area contributed by atoms with Gasteiger partial charge in [-0.3, -0.25) is 9.59 Å². The van der Waals surface area contributed by atoms with Gasteiger partial charge in [-0.1, -0.05) is 32.9 Å². The highest BCUT2D eigenvalue weighted by molar-refractivity contribution is 6.05. The van der Waals surface area contributed by atoms with Crippen LogP contribution in [-0.2, 0) is 21.4 Å². The largest absolute Gasteiger partial charge is 0.354 e. The highest BCUT2D eigenvalue weighted by Gasteiger charge is 2.24. The maximum absolute atomic E-state index is 12.7. The van der Waals surface area contributed by atoms with Crippen LogP contribution in [0.3, 0.4) is 0 Å². The van der Waals surface area contributed by atoms with Crippen molar-refractivity contribution in [3.63, 3.8) is 0 Å². The minimum absolute atomic E-state index is 0.0180. The van der Waals surface area contributed by atoms with Crippen molar-refractivity contribution in [3.05, 3.63) is 59.2 Å². The van der Waals surface area contributed by atoms with Crippen LogP contribution in [0.25, 0.3) is 28.2 Å². The van der Waals surface area contributed by atoms with Crippen LogP contribution in [0.1, 0.15) is 37.5 Å². The Balaban J connectivity index is 1.51. The van der Waals surface area contributed by atoms with Gasteiger partial charge in [-0.25, -0.2) is 0 Å². The van der Waals surface area contributed by atoms with Gasteiger partial charge in [0.1, 0.15) is 0 Å². The third kappa shape index (κ3) is 4.26. The number of amides is 2. The van der Waals surface area contributed by atoms with E-state index in [1.54, 1.807) is 6.08 Å². The molecule has 2 aliphatic rings. The van der Waals surface area contributed by atoms with Crippen LogP contribution in [0, 0.1) is 0 Å². The molecule has 0 atom stereocenters.